The smallest absolute Gasteiger partial charge is 0.0689 e. The summed E-state index contributed by atoms with van der Waals surface area (Å²) >= 11 is 0. The van der Waals surface area contributed by atoms with Gasteiger partial charge in [-0.05, 0) is 0 Å². The van der Waals surface area contributed by atoms with Crippen molar-refractivity contribution in [3.8, 4) is 0 Å². The topological polar surface area (TPSA) is 124 Å². The molecule has 1 heterocycles. The van der Waals surface area contributed by atoms with Crippen LogP contribution in [-0.4, -0.2) is 31.4 Å². The number of hydrogen-bond acceptors (Lipinski definition) is 5. The van der Waals surface area contributed by atoms with E-state index in [1.54, 1.807) is 0 Å². The van der Waals surface area contributed by atoms with Crippen LogP contribution in [0.3, 0.4) is 0 Å². The molecule has 1 fully saturated rings. The first-order chi connectivity index (χ1) is 4.73. The Bertz CT molecular complexity index is 79.8. The van der Waals surface area contributed by atoms with E-state index in [-0.39, 0.29) is 6.15 Å². The largest absolute Gasteiger partial charge is 0.379 e. The first kappa shape index (κ1) is 12.7. The second-order valence-corrected chi connectivity index (χ2v) is 1.59. The molecule has 0 amide bonds. The highest BCUT2D eigenvalue weighted by atomic mass is 16.9. The Hall–Kier alpha value is -0.920. The van der Waals surface area contributed by atoms with Crippen molar-refractivity contribution in [2.24, 2.45) is 0 Å². The number of hydrogen-bond donors (Lipinski definition) is 2. The predicted octanol–water partition coefficient (Wildman–Crippen LogP) is -0.257. The van der Waals surface area contributed by atoms with Gasteiger partial charge in [0.1, 0.15) is 0 Å². The number of ether oxygens (including phenoxy) is 1. The zero-order valence-corrected chi connectivity index (χ0v) is 6.41. The maximum absolute atomic E-state index is 8.25. The fourth-order valence-electron chi connectivity index (χ4n) is 0.516. The van der Waals surface area contributed by atoms with Gasteiger partial charge in [-0.2, -0.15) is 0 Å². The van der Waals surface area contributed by atoms with Gasteiger partial charge in [-0.25, -0.2) is 0 Å². The SMILES string of the molecule is C1COCCN1.O=[N+]([O-])[O-].[NH4+]. The average molecular weight is 167 g/mol. The number of nitrogens with zero attached hydrogens (tertiary/aromatic N) is 1. The molecule has 0 saturated carbocycles. The van der Waals surface area contributed by atoms with Crippen LogP contribution >= 0.6 is 0 Å². The Morgan fingerprint density at radius 3 is 1.73 bits per heavy atom. The zero-order valence-electron chi connectivity index (χ0n) is 6.41. The van der Waals surface area contributed by atoms with Crippen LogP contribution in [0.15, 0.2) is 0 Å². The first-order valence-electron chi connectivity index (χ1n) is 2.83. The van der Waals surface area contributed by atoms with Crippen molar-refractivity contribution in [2.75, 3.05) is 26.3 Å². The summed E-state index contributed by atoms with van der Waals surface area (Å²) in [5, 5.41) is 17.9. The number of quaternary nitrogens is 1. The highest BCUT2D eigenvalue weighted by Crippen LogP contribution is 1.76. The van der Waals surface area contributed by atoms with E-state index < -0.39 is 5.09 Å². The predicted molar refractivity (Wildman–Crippen MR) is 40.0 cm³/mol. The van der Waals surface area contributed by atoms with Gasteiger partial charge in [-0.3, -0.25) is 0 Å². The van der Waals surface area contributed by atoms with Crippen LogP contribution in [-0.2, 0) is 4.74 Å². The van der Waals surface area contributed by atoms with Crippen LogP contribution in [0.25, 0.3) is 0 Å². The molecule has 0 aliphatic carbocycles. The molecule has 11 heavy (non-hydrogen) atoms. The van der Waals surface area contributed by atoms with Crippen LogP contribution in [0.5, 0.6) is 0 Å². The van der Waals surface area contributed by atoms with Gasteiger partial charge in [0.15, 0.2) is 0 Å². The molecule has 0 radical (unpaired) electrons. The van der Waals surface area contributed by atoms with E-state index in [1.807, 2.05) is 0 Å². The minimum atomic E-state index is -1.75. The Kier molecular flexibility index (Phi) is 10.5. The molecule has 0 bridgehead atoms. The summed E-state index contributed by atoms with van der Waals surface area (Å²) in [6, 6.07) is 0. The maximum Gasteiger partial charge on any atom is 0.0689 e. The molecule has 5 N–H and O–H groups in total. The Labute approximate surface area is 64.0 Å². The summed E-state index contributed by atoms with van der Waals surface area (Å²) in [5.41, 5.74) is 0. The van der Waals surface area contributed by atoms with Gasteiger partial charge in [-0.1, -0.05) is 0 Å². The van der Waals surface area contributed by atoms with Crippen molar-refractivity contribution < 1.29 is 9.82 Å². The van der Waals surface area contributed by atoms with Gasteiger partial charge < -0.3 is 31.5 Å². The second kappa shape index (κ2) is 9.08. The number of nitrogens with one attached hydrogen (secondary N) is 1. The third-order valence-electron chi connectivity index (χ3n) is 0.846. The molecule has 1 saturated heterocycles. The normalized spacial score (nSPS) is 15.3. The van der Waals surface area contributed by atoms with Gasteiger partial charge in [0, 0.05) is 13.1 Å². The lowest BCUT2D eigenvalue weighted by Crippen LogP contribution is -2.30. The van der Waals surface area contributed by atoms with E-state index in [0.717, 1.165) is 26.3 Å². The molecule has 0 spiro atoms. The average Bonchev–Trinajstić information content (AvgIpc) is 1.90. The zero-order chi connectivity index (χ0) is 7.82. The number of morpholine rings is 1. The highest BCUT2D eigenvalue weighted by Gasteiger charge is 1.92. The molecule has 7 heteroatoms. The fourth-order valence-corrected chi connectivity index (χ4v) is 0.516. The molecule has 1 aliphatic heterocycles. The maximum atomic E-state index is 8.25. The van der Waals surface area contributed by atoms with Crippen LogP contribution in [0.4, 0.5) is 0 Å². The van der Waals surface area contributed by atoms with Crippen molar-refractivity contribution in [3.63, 3.8) is 0 Å². The third-order valence-corrected chi connectivity index (χ3v) is 0.846. The van der Waals surface area contributed by atoms with Crippen molar-refractivity contribution in [3.05, 3.63) is 15.3 Å². The molecule has 1 rings (SSSR count). The van der Waals surface area contributed by atoms with E-state index >= 15 is 0 Å². The lowest BCUT2D eigenvalue weighted by molar-refractivity contribution is -0.402. The lowest BCUT2D eigenvalue weighted by atomic mass is 10.5. The molecule has 7 nitrogen and oxygen atoms in total. The van der Waals surface area contributed by atoms with Gasteiger partial charge >= 0.3 is 0 Å². The minimum Gasteiger partial charge on any atom is -0.379 e. The quantitative estimate of drug-likeness (QED) is 0.380. The van der Waals surface area contributed by atoms with E-state index in [0.29, 0.717) is 0 Å². The molecule has 0 aromatic heterocycles. The van der Waals surface area contributed by atoms with E-state index in [4.69, 9.17) is 20.1 Å². The van der Waals surface area contributed by atoms with E-state index in [9.17, 15) is 0 Å². The standard InChI is InChI=1S/C4H9NO.NO3.H3N/c1-3-6-4-2-5-1;2-1(3)4;/h5H,1-4H2;;1H3/q;-1;/p+1. The summed E-state index contributed by atoms with van der Waals surface area (Å²) in [5.74, 6) is 0. The van der Waals surface area contributed by atoms with Crippen molar-refractivity contribution >= 4 is 0 Å². The van der Waals surface area contributed by atoms with Crippen molar-refractivity contribution in [1.82, 2.24) is 11.5 Å². The molecule has 0 atom stereocenters. The lowest BCUT2D eigenvalue weighted by Gasteiger charge is -2.10. The molecule has 0 unspecified atom stereocenters. The first-order valence-corrected chi connectivity index (χ1v) is 2.83. The summed E-state index contributed by atoms with van der Waals surface area (Å²) < 4.78 is 5.01. The Morgan fingerprint density at radius 1 is 1.27 bits per heavy atom. The van der Waals surface area contributed by atoms with Gasteiger partial charge in [-0.15, -0.1) is 0 Å². The van der Waals surface area contributed by atoms with Crippen molar-refractivity contribution in [1.29, 1.82) is 0 Å². The molecule has 1 aliphatic rings. The molecule has 0 aromatic rings. The van der Waals surface area contributed by atoms with Crippen LogP contribution < -0.4 is 11.5 Å². The van der Waals surface area contributed by atoms with Crippen molar-refractivity contribution in [2.45, 2.75) is 0 Å². The van der Waals surface area contributed by atoms with Gasteiger partial charge in [0.2, 0.25) is 0 Å². The fraction of sp³-hybridized carbons (Fsp3) is 1.00. The Balaban J connectivity index is 0. The van der Waals surface area contributed by atoms with Gasteiger partial charge in [0.25, 0.3) is 0 Å². The molecular formula is C4H13N3O4. The Morgan fingerprint density at radius 2 is 1.64 bits per heavy atom. The summed E-state index contributed by atoms with van der Waals surface area (Å²) in [7, 11) is 0. The van der Waals surface area contributed by atoms with E-state index in [1.165, 1.54) is 0 Å². The number of rotatable bonds is 0. The van der Waals surface area contributed by atoms with Crippen LogP contribution in [0.2, 0.25) is 0 Å². The van der Waals surface area contributed by atoms with Crippen LogP contribution in [0.1, 0.15) is 0 Å². The molecule has 68 valence electrons. The monoisotopic (exact) mass is 167 g/mol. The van der Waals surface area contributed by atoms with E-state index in [2.05, 4.69) is 5.32 Å². The summed E-state index contributed by atoms with van der Waals surface area (Å²) in [4.78, 5) is 8.25. The molecule has 0 aromatic carbocycles. The third kappa shape index (κ3) is 17.6. The summed E-state index contributed by atoms with van der Waals surface area (Å²) in [6.45, 7) is 3.83. The van der Waals surface area contributed by atoms with Gasteiger partial charge in [0.05, 0.1) is 18.3 Å². The highest BCUT2D eigenvalue weighted by molar-refractivity contribution is 4.49. The summed E-state index contributed by atoms with van der Waals surface area (Å²) in [6.07, 6.45) is 0. The minimum absolute atomic E-state index is 0. The van der Waals surface area contributed by atoms with Crippen LogP contribution in [0, 0.1) is 15.3 Å². The molecular weight excluding hydrogens is 154 g/mol. The second-order valence-electron chi connectivity index (χ2n) is 1.59.